The van der Waals surface area contributed by atoms with Crippen LogP contribution in [-0.2, 0) is 25.9 Å². The van der Waals surface area contributed by atoms with Gasteiger partial charge >= 0.3 is 12.6 Å². The lowest BCUT2D eigenvalue weighted by atomic mass is 10.0. The Morgan fingerprint density at radius 1 is 1.04 bits per heavy atom. The molecule has 1 aliphatic heterocycles. The average molecular weight is 761 g/mol. The van der Waals surface area contributed by atoms with Gasteiger partial charge in [-0.1, -0.05) is 29.3 Å². The maximum Gasteiger partial charge on any atom is 0.387 e. The van der Waals surface area contributed by atoms with Crippen molar-refractivity contribution in [3.63, 3.8) is 0 Å². The molecule has 0 radical (unpaired) electrons. The Hall–Kier alpha value is -2.75. The van der Waals surface area contributed by atoms with E-state index >= 15 is 0 Å². The number of esters is 1. The quantitative estimate of drug-likeness (QED) is 0.137. The SMILES string of the molecule is O=C(O[C@@H](Cc1c(Cl)cncc1Cl)c1ccc(OC(F)F)c(OCC2CC2)c1)c1ccc(N(CCN2CCOCC2)S(=O)(=O)CC2CC2)s1. The van der Waals surface area contributed by atoms with Gasteiger partial charge in [-0.05, 0) is 72.9 Å². The summed E-state index contributed by atoms with van der Waals surface area (Å²) in [5.74, 6) is -0.225. The molecule has 266 valence electrons. The third-order valence-electron chi connectivity index (χ3n) is 8.56. The summed E-state index contributed by atoms with van der Waals surface area (Å²) in [6.45, 7) is 0.654. The molecule has 1 atom stereocenters. The first-order valence-corrected chi connectivity index (χ1v) is 19.3. The fourth-order valence-corrected chi connectivity index (χ4v) is 9.04. The van der Waals surface area contributed by atoms with Crippen molar-refractivity contribution in [2.75, 3.05) is 56.1 Å². The Bertz CT molecular complexity index is 1700. The lowest BCUT2D eigenvalue weighted by Gasteiger charge is -2.30. The van der Waals surface area contributed by atoms with Gasteiger partial charge in [0.2, 0.25) is 10.0 Å². The molecule has 49 heavy (non-hydrogen) atoms. The number of sulfonamides is 1. The van der Waals surface area contributed by atoms with Crippen LogP contribution in [0.2, 0.25) is 10.0 Å². The van der Waals surface area contributed by atoms with Gasteiger partial charge in [0.1, 0.15) is 16.0 Å². The highest BCUT2D eigenvalue weighted by molar-refractivity contribution is 7.93. The Labute approximate surface area is 298 Å². The molecule has 3 aliphatic rings. The van der Waals surface area contributed by atoms with E-state index in [2.05, 4.69) is 9.88 Å². The van der Waals surface area contributed by atoms with Crippen molar-refractivity contribution in [2.45, 2.75) is 44.8 Å². The first kappa shape index (κ1) is 36.1. The van der Waals surface area contributed by atoms with Crippen LogP contribution in [0.1, 0.15) is 52.6 Å². The number of benzene rings is 1. The molecule has 3 aromatic rings. The summed E-state index contributed by atoms with van der Waals surface area (Å²) in [5.41, 5.74) is 0.900. The molecule has 0 N–H and O–H groups in total. The summed E-state index contributed by atoms with van der Waals surface area (Å²) in [4.78, 5) is 20.1. The predicted octanol–water partition coefficient (Wildman–Crippen LogP) is 6.86. The Morgan fingerprint density at radius 2 is 1.76 bits per heavy atom. The lowest BCUT2D eigenvalue weighted by molar-refractivity contribution is -0.0515. The monoisotopic (exact) mass is 759 g/mol. The summed E-state index contributed by atoms with van der Waals surface area (Å²) in [5, 5.41) is 0.931. The predicted molar refractivity (Wildman–Crippen MR) is 183 cm³/mol. The van der Waals surface area contributed by atoms with Crippen LogP contribution in [0.3, 0.4) is 0 Å². The highest BCUT2D eigenvalue weighted by Crippen LogP contribution is 2.39. The molecule has 3 fully saturated rings. The topological polar surface area (TPSA) is 108 Å². The van der Waals surface area contributed by atoms with Crippen LogP contribution in [0.15, 0.2) is 42.7 Å². The molecule has 6 rings (SSSR count). The van der Waals surface area contributed by atoms with Gasteiger partial charge in [0.25, 0.3) is 0 Å². The second-order valence-electron chi connectivity index (χ2n) is 12.4. The largest absolute Gasteiger partial charge is 0.489 e. The number of pyridine rings is 1. The maximum atomic E-state index is 13.8. The van der Waals surface area contributed by atoms with E-state index in [4.69, 9.17) is 42.1 Å². The number of anilines is 1. The van der Waals surface area contributed by atoms with Crippen molar-refractivity contribution in [1.82, 2.24) is 9.88 Å². The van der Waals surface area contributed by atoms with Crippen LogP contribution in [0.4, 0.5) is 13.8 Å². The second-order valence-corrected chi connectivity index (χ2v) is 16.2. The van der Waals surface area contributed by atoms with E-state index in [9.17, 15) is 22.0 Å². The fourth-order valence-electron chi connectivity index (χ4n) is 5.44. The zero-order valence-electron chi connectivity index (χ0n) is 26.6. The minimum absolute atomic E-state index is 0.0305. The van der Waals surface area contributed by atoms with Crippen LogP contribution in [0, 0.1) is 11.8 Å². The van der Waals surface area contributed by atoms with Crippen LogP contribution < -0.4 is 13.8 Å². The summed E-state index contributed by atoms with van der Waals surface area (Å²) in [7, 11) is -3.65. The van der Waals surface area contributed by atoms with Gasteiger partial charge in [-0.15, -0.1) is 11.3 Å². The van der Waals surface area contributed by atoms with E-state index in [1.807, 2.05) is 0 Å². The van der Waals surface area contributed by atoms with E-state index in [0.29, 0.717) is 61.5 Å². The Morgan fingerprint density at radius 3 is 2.43 bits per heavy atom. The van der Waals surface area contributed by atoms with Gasteiger partial charge in [-0.2, -0.15) is 8.78 Å². The molecule has 1 aromatic carbocycles. The van der Waals surface area contributed by atoms with Crippen molar-refractivity contribution in [3.05, 3.63) is 68.8 Å². The zero-order valence-corrected chi connectivity index (χ0v) is 29.7. The number of halogens is 4. The van der Waals surface area contributed by atoms with E-state index in [1.54, 1.807) is 12.1 Å². The number of alkyl halides is 2. The second kappa shape index (κ2) is 16.1. The highest BCUT2D eigenvalue weighted by Gasteiger charge is 2.34. The first-order valence-electron chi connectivity index (χ1n) is 16.2. The molecule has 1 saturated heterocycles. The van der Waals surface area contributed by atoms with Gasteiger partial charge in [0, 0.05) is 45.0 Å². The molecule has 10 nitrogen and oxygen atoms in total. The Kier molecular flexibility index (Phi) is 11.8. The van der Waals surface area contributed by atoms with Crippen LogP contribution in [-0.4, -0.2) is 82.6 Å². The van der Waals surface area contributed by atoms with Crippen molar-refractivity contribution in [3.8, 4) is 11.5 Å². The molecule has 2 aliphatic carbocycles. The number of thiophene rings is 1. The molecule has 2 aromatic heterocycles. The molecule has 0 spiro atoms. The highest BCUT2D eigenvalue weighted by atomic mass is 35.5. The maximum absolute atomic E-state index is 13.8. The van der Waals surface area contributed by atoms with Gasteiger partial charge < -0.3 is 18.9 Å². The van der Waals surface area contributed by atoms with Crippen molar-refractivity contribution >= 4 is 55.5 Å². The smallest absolute Gasteiger partial charge is 0.387 e. The first-order chi connectivity index (χ1) is 23.6. The number of hydrogen-bond donors (Lipinski definition) is 0. The number of nitrogens with zero attached hydrogens (tertiary/aromatic N) is 3. The number of carbonyl (C=O) groups excluding carboxylic acids is 1. The van der Waals surface area contributed by atoms with E-state index in [-0.39, 0.29) is 51.1 Å². The molecular weight excluding hydrogens is 723 g/mol. The molecule has 0 amide bonds. The fraction of sp³-hybridized carbons (Fsp3) is 0.515. The summed E-state index contributed by atoms with van der Waals surface area (Å²) >= 11 is 13.9. The third-order valence-corrected chi connectivity index (χ3v) is 12.4. The van der Waals surface area contributed by atoms with Gasteiger partial charge in [-0.3, -0.25) is 14.2 Å². The zero-order chi connectivity index (χ0) is 34.5. The van der Waals surface area contributed by atoms with Gasteiger partial charge in [0.15, 0.2) is 11.5 Å². The number of morpholine rings is 1. The molecule has 2 saturated carbocycles. The third kappa shape index (κ3) is 9.95. The normalized spacial score (nSPS) is 17.6. The molecule has 16 heteroatoms. The average Bonchev–Trinajstić information content (AvgIpc) is 4.01. The molecule has 0 bridgehead atoms. The van der Waals surface area contributed by atoms with E-state index in [1.165, 1.54) is 34.9 Å². The van der Waals surface area contributed by atoms with Crippen LogP contribution >= 0.6 is 34.5 Å². The standard InChI is InChI=1S/C33H37Cl2F2N3O7S2/c34-25-17-38-18-26(35)24(25)16-28(23-5-6-27(47-33(36)37)29(15-23)45-19-21-1-2-21)46-32(41)30-7-8-31(48-30)40(49(42,43)20-22-3-4-22)10-9-39-11-13-44-14-12-39/h5-8,15,17-18,21-22,28,33H,1-4,9-14,16,19-20H2/t28-/m0/s1. The number of rotatable bonds is 17. The molecule has 0 unspecified atom stereocenters. The number of carbonyl (C=O) groups is 1. The van der Waals surface area contributed by atoms with Crippen molar-refractivity contribution in [1.29, 1.82) is 0 Å². The number of hydrogen-bond acceptors (Lipinski definition) is 10. The van der Waals surface area contributed by atoms with Gasteiger partial charge in [-0.25, -0.2) is 13.2 Å². The number of ether oxygens (including phenoxy) is 4. The lowest BCUT2D eigenvalue weighted by Crippen LogP contribution is -2.43. The van der Waals surface area contributed by atoms with Crippen LogP contribution in [0.5, 0.6) is 11.5 Å². The summed E-state index contributed by atoms with van der Waals surface area (Å²) in [6.07, 6.45) is 5.62. The number of aromatic nitrogens is 1. The summed E-state index contributed by atoms with van der Waals surface area (Å²) < 4.78 is 77.0. The van der Waals surface area contributed by atoms with Crippen molar-refractivity contribution < 1.29 is 40.9 Å². The minimum atomic E-state index is -3.65. The molecular formula is C33H37Cl2F2N3O7S2. The van der Waals surface area contributed by atoms with E-state index in [0.717, 1.165) is 37.0 Å². The summed E-state index contributed by atoms with van der Waals surface area (Å²) in [6, 6.07) is 7.54. The van der Waals surface area contributed by atoms with Gasteiger partial charge in [0.05, 0.1) is 35.6 Å². The van der Waals surface area contributed by atoms with Crippen molar-refractivity contribution in [2.24, 2.45) is 11.8 Å². The van der Waals surface area contributed by atoms with E-state index < -0.39 is 28.7 Å². The minimum Gasteiger partial charge on any atom is -0.489 e. The molecule has 3 heterocycles. The Balaban J connectivity index is 1.26. The van der Waals surface area contributed by atoms with Crippen LogP contribution in [0.25, 0.3) is 0 Å².